The summed E-state index contributed by atoms with van der Waals surface area (Å²) in [6.45, 7) is 6.08. The molecule has 0 saturated heterocycles. The molecular weight excluding hydrogens is 322 g/mol. The first kappa shape index (κ1) is 17.0. The van der Waals surface area contributed by atoms with Crippen molar-refractivity contribution >= 4 is 0 Å². The topological polar surface area (TPSA) is 42.2 Å². The Balaban J connectivity index is 1.45. The van der Waals surface area contributed by atoms with Gasteiger partial charge in [-0.25, -0.2) is 0 Å². The highest BCUT2D eigenvalue weighted by Gasteiger charge is 2.30. The summed E-state index contributed by atoms with van der Waals surface area (Å²) in [4.78, 5) is 2.45. The summed E-state index contributed by atoms with van der Waals surface area (Å²) in [5.41, 5.74) is 3.69. The minimum absolute atomic E-state index is 0.568. The van der Waals surface area contributed by atoms with Gasteiger partial charge in [0.1, 0.15) is 0 Å². The molecule has 0 atom stereocenters. The quantitative estimate of drug-likeness (QED) is 0.601. The van der Waals surface area contributed by atoms with Crippen LogP contribution in [0.25, 0.3) is 11.5 Å². The molecule has 4 heteroatoms. The summed E-state index contributed by atoms with van der Waals surface area (Å²) in [6, 6.07) is 19.5. The van der Waals surface area contributed by atoms with E-state index in [0.29, 0.717) is 30.3 Å². The molecule has 0 N–H and O–H groups in total. The number of rotatable bonds is 7. The van der Waals surface area contributed by atoms with Crippen molar-refractivity contribution in [1.82, 2.24) is 15.1 Å². The molecule has 26 heavy (non-hydrogen) atoms. The molecule has 0 spiro atoms. The van der Waals surface area contributed by atoms with E-state index < -0.39 is 0 Å². The first-order valence-electron chi connectivity index (χ1n) is 9.40. The number of hydrogen-bond donors (Lipinski definition) is 0. The van der Waals surface area contributed by atoms with E-state index in [9.17, 15) is 0 Å². The lowest BCUT2D eigenvalue weighted by Gasteiger charge is -2.20. The van der Waals surface area contributed by atoms with Crippen LogP contribution in [0.5, 0.6) is 0 Å². The Morgan fingerprint density at radius 2 is 1.69 bits per heavy atom. The van der Waals surface area contributed by atoms with Crippen LogP contribution in [0.3, 0.4) is 0 Å². The molecule has 4 rings (SSSR count). The van der Waals surface area contributed by atoms with Crippen LogP contribution in [-0.2, 0) is 13.1 Å². The second-order valence-corrected chi connectivity index (χ2v) is 7.40. The fourth-order valence-electron chi connectivity index (χ4n) is 3.18. The van der Waals surface area contributed by atoms with Crippen molar-refractivity contribution in [3.63, 3.8) is 0 Å². The van der Waals surface area contributed by atoms with Crippen LogP contribution in [-0.4, -0.2) is 21.1 Å². The van der Waals surface area contributed by atoms with Crippen LogP contribution in [0.4, 0.5) is 0 Å². The Bertz CT molecular complexity index is 835. The van der Waals surface area contributed by atoms with Gasteiger partial charge in [0.2, 0.25) is 11.8 Å². The summed E-state index contributed by atoms with van der Waals surface area (Å²) in [5.74, 6) is 1.85. The van der Waals surface area contributed by atoms with Crippen molar-refractivity contribution in [3.05, 3.63) is 71.6 Å². The van der Waals surface area contributed by atoms with Gasteiger partial charge in [-0.3, -0.25) is 4.90 Å². The Hall–Kier alpha value is -2.46. The van der Waals surface area contributed by atoms with Crippen LogP contribution in [0.15, 0.2) is 59.0 Å². The molecular formula is C22H25N3O. The Morgan fingerprint density at radius 3 is 2.35 bits per heavy atom. The van der Waals surface area contributed by atoms with E-state index in [2.05, 4.69) is 53.2 Å². The smallest absolute Gasteiger partial charge is 0.247 e. The van der Waals surface area contributed by atoms with Crippen LogP contribution in [0.1, 0.15) is 49.6 Å². The van der Waals surface area contributed by atoms with Crippen molar-refractivity contribution in [2.75, 3.05) is 0 Å². The van der Waals surface area contributed by atoms with Gasteiger partial charge < -0.3 is 4.42 Å². The molecule has 0 unspecified atom stereocenters. The molecule has 1 aliphatic rings. The van der Waals surface area contributed by atoms with Crippen molar-refractivity contribution in [3.8, 4) is 11.5 Å². The van der Waals surface area contributed by atoms with Gasteiger partial charge in [-0.1, -0.05) is 56.3 Å². The average Bonchev–Trinajstić information content (AvgIpc) is 3.41. The lowest BCUT2D eigenvalue weighted by molar-refractivity contribution is 0.221. The molecule has 4 nitrogen and oxygen atoms in total. The summed E-state index contributed by atoms with van der Waals surface area (Å²) in [5, 5.41) is 8.48. The van der Waals surface area contributed by atoms with E-state index >= 15 is 0 Å². The Morgan fingerprint density at radius 1 is 0.962 bits per heavy atom. The fourth-order valence-corrected chi connectivity index (χ4v) is 3.18. The lowest BCUT2D eigenvalue weighted by atomic mass is 10.0. The molecule has 1 aromatic heterocycles. The van der Waals surface area contributed by atoms with Crippen molar-refractivity contribution < 1.29 is 4.42 Å². The first-order valence-corrected chi connectivity index (χ1v) is 9.40. The highest BCUT2D eigenvalue weighted by Crippen LogP contribution is 2.30. The van der Waals surface area contributed by atoms with Crippen molar-refractivity contribution in [2.45, 2.75) is 51.7 Å². The minimum Gasteiger partial charge on any atom is -0.419 e. The Labute approximate surface area is 154 Å². The fraction of sp³-hybridized carbons (Fsp3) is 0.364. The van der Waals surface area contributed by atoms with Crippen molar-refractivity contribution in [2.24, 2.45) is 0 Å². The number of hydrogen-bond acceptors (Lipinski definition) is 4. The molecule has 1 aliphatic carbocycles. The molecule has 134 valence electrons. The lowest BCUT2D eigenvalue weighted by Crippen LogP contribution is -2.25. The van der Waals surface area contributed by atoms with Gasteiger partial charge in [0.05, 0.1) is 6.54 Å². The van der Waals surface area contributed by atoms with Gasteiger partial charge in [-0.05, 0) is 42.0 Å². The SMILES string of the molecule is CC(C)c1ccc(CN(Cc2nnc(-c3ccccc3)o2)C2CC2)cc1. The maximum absolute atomic E-state index is 5.90. The molecule has 0 amide bonds. The number of nitrogens with zero attached hydrogens (tertiary/aromatic N) is 3. The molecule has 1 heterocycles. The molecule has 0 bridgehead atoms. The predicted octanol–water partition coefficient (Wildman–Crippen LogP) is 5.02. The van der Waals surface area contributed by atoms with Gasteiger partial charge in [-0.15, -0.1) is 10.2 Å². The second-order valence-electron chi connectivity index (χ2n) is 7.40. The molecule has 3 aromatic rings. The van der Waals surface area contributed by atoms with Crippen LogP contribution < -0.4 is 0 Å². The van der Waals surface area contributed by atoms with Gasteiger partial charge in [0.15, 0.2) is 0 Å². The van der Waals surface area contributed by atoms with Crippen molar-refractivity contribution in [1.29, 1.82) is 0 Å². The highest BCUT2D eigenvalue weighted by atomic mass is 16.4. The van der Waals surface area contributed by atoms with Gasteiger partial charge in [0, 0.05) is 18.2 Å². The maximum Gasteiger partial charge on any atom is 0.247 e. The standard InChI is InChI=1S/C22H25N3O/c1-16(2)18-10-8-17(9-11-18)14-25(20-12-13-20)15-21-23-24-22(26-21)19-6-4-3-5-7-19/h3-11,16,20H,12-15H2,1-2H3. The van der Waals surface area contributed by atoms with E-state index in [0.717, 1.165) is 12.1 Å². The molecule has 1 saturated carbocycles. The van der Waals surface area contributed by atoms with Gasteiger partial charge in [-0.2, -0.15) is 0 Å². The highest BCUT2D eigenvalue weighted by molar-refractivity contribution is 5.51. The molecule has 2 aromatic carbocycles. The summed E-state index contributed by atoms with van der Waals surface area (Å²) >= 11 is 0. The van der Waals surface area contributed by atoms with E-state index in [1.807, 2.05) is 30.3 Å². The first-order chi connectivity index (χ1) is 12.7. The minimum atomic E-state index is 0.568. The monoisotopic (exact) mass is 347 g/mol. The van der Waals surface area contributed by atoms with Crippen LogP contribution >= 0.6 is 0 Å². The normalized spacial score (nSPS) is 14.3. The zero-order valence-corrected chi connectivity index (χ0v) is 15.4. The third-order valence-electron chi connectivity index (χ3n) is 4.92. The zero-order valence-electron chi connectivity index (χ0n) is 15.4. The third-order valence-corrected chi connectivity index (χ3v) is 4.92. The summed E-state index contributed by atoms with van der Waals surface area (Å²) < 4.78 is 5.90. The van der Waals surface area contributed by atoms with E-state index in [4.69, 9.17) is 4.42 Å². The van der Waals surface area contributed by atoms with E-state index in [1.54, 1.807) is 0 Å². The van der Waals surface area contributed by atoms with E-state index in [-0.39, 0.29) is 0 Å². The zero-order chi connectivity index (χ0) is 17.9. The van der Waals surface area contributed by atoms with Gasteiger partial charge in [0.25, 0.3) is 0 Å². The predicted molar refractivity (Wildman–Crippen MR) is 103 cm³/mol. The Kier molecular flexibility index (Phi) is 4.85. The van der Waals surface area contributed by atoms with Crippen LogP contribution in [0, 0.1) is 0 Å². The summed E-state index contributed by atoms with van der Waals surface area (Å²) in [7, 11) is 0. The van der Waals surface area contributed by atoms with Gasteiger partial charge >= 0.3 is 0 Å². The van der Waals surface area contributed by atoms with E-state index in [1.165, 1.54) is 24.0 Å². The number of benzene rings is 2. The second kappa shape index (κ2) is 7.42. The largest absolute Gasteiger partial charge is 0.419 e. The average molecular weight is 347 g/mol. The third kappa shape index (κ3) is 4.02. The number of aromatic nitrogens is 2. The van der Waals surface area contributed by atoms with Crippen LogP contribution in [0.2, 0.25) is 0 Å². The summed E-state index contributed by atoms with van der Waals surface area (Å²) in [6.07, 6.45) is 2.51. The molecule has 1 fully saturated rings. The maximum atomic E-state index is 5.90. The molecule has 0 radical (unpaired) electrons. The molecule has 0 aliphatic heterocycles.